The highest BCUT2D eigenvalue weighted by Gasteiger charge is 1.92. The number of nitrogens with two attached hydrogens (primary N) is 1. The SMILES string of the molecule is CCCC[n+]1cc[nH]c1.[O-][NH2+][O-]. The molecule has 0 amide bonds. The Hall–Kier alpha value is -0.910. The third kappa shape index (κ3) is 5.84. The van der Waals surface area contributed by atoms with Crippen molar-refractivity contribution in [2.75, 3.05) is 0 Å². The lowest BCUT2D eigenvalue weighted by atomic mass is 10.3. The van der Waals surface area contributed by atoms with Crippen LogP contribution >= 0.6 is 0 Å². The topological polar surface area (TPSA) is 82.4 Å². The zero-order chi connectivity index (χ0) is 9.23. The minimum Gasteiger partial charge on any atom is -0.635 e. The highest BCUT2D eigenvalue weighted by atomic mass is 16.7. The van der Waals surface area contributed by atoms with Gasteiger partial charge in [-0.15, -0.1) is 0 Å². The average molecular weight is 173 g/mol. The normalized spacial score (nSPS) is 8.92. The summed E-state index contributed by atoms with van der Waals surface area (Å²) in [5, 5.41) is 16.5. The quantitative estimate of drug-likeness (QED) is 0.483. The van der Waals surface area contributed by atoms with Crippen molar-refractivity contribution < 1.29 is 10.2 Å². The summed E-state index contributed by atoms with van der Waals surface area (Å²) in [6, 6.07) is 0. The fourth-order valence-electron chi connectivity index (χ4n) is 0.800. The first-order valence-corrected chi connectivity index (χ1v) is 3.92. The van der Waals surface area contributed by atoms with Gasteiger partial charge < -0.3 is 16.1 Å². The molecule has 12 heavy (non-hydrogen) atoms. The summed E-state index contributed by atoms with van der Waals surface area (Å²) in [6.07, 6.45) is 8.50. The highest BCUT2D eigenvalue weighted by molar-refractivity contribution is 4.55. The molecule has 0 bridgehead atoms. The molecule has 5 heteroatoms. The van der Waals surface area contributed by atoms with Gasteiger partial charge in [0.2, 0.25) is 6.33 Å². The van der Waals surface area contributed by atoms with E-state index >= 15 is 0 Å². The molecule has 0 radical (unpaired) electrons. The van der Waals surface area contributed by atoms with E-state index in [2.05, 4.69) is 22.7 Å². The van der Waals surface area contributed by atoms with Crippen molar-refractivity contribution >= 4 is 0 Å². The van der Waals surface area contributed by atoms with E-state index in [1.165, 1.54) is 12.8 Å². The molecule has 1 aromatic heterocycles. The predicted molar refractivity (Wildman–Crippen MR) is 44.6 cm³/mol. The Bertz CT molecular complexity index is 165. The summed E-state index contributed by atoms with van der Waals surface area (Å²) in [4.78, 5) is 3.00. The lowest BCUT2D eigenvalue weighted by Crippen LogP contribution is -2.69. The van der Waals surface area contributed by atoms with E-state index in [9.17, 15) is 0 Å². The van der Waals surface area contributed by atoms with Gasteiger partial charge in [0, 0.05) is 0 Å². The van der Waals surface area contributed by atoms with Crippen LogP contribution < -0.4 is 10.2 Å². The molecule has 70 valence electrons. The third-order valence-electron chi connectivity index (χ3n) is 1.37. The van der Waals surface area contributed by atoms with Crippen molar-refractivity contribution in [3.63, 3.8) is 0 Å². The molecular weight excluding hydrogens is 158 g/mol. The van der Waals surface area contributed by atoms with Crippen molar-refractivity contribution in [3.05, 3.63) is 29.1 Å². The molecule has 1 aromatic rings. The van der Waals surface area contributed by atoms with Crippen molar-refractivity contribution in [1.82, 2.24) is 4.98 Å². The molecular formula is C7H15N3O2. The second-order valence-corrected chi connectivity index (χ2v) is 2.30. The number of unbranched alkanes of at least 4 members (excludes halogenated alkanes) is 1. The zero-order valence-corrected chi connectivity index (χ0v) is 7.19. The summed E-state index contributed by atoms with van der Waals surface area (Å²) in [7, 11) is 0. The molecule has 0 fully saturated rings. The number of aromatic nitrogens is 2. The largest absolute Gasteiger partial charge is 0.635 e. The summed E-state index contributed by atoms with van der Waals surface area (Å²) in [5.74, 6) is 0. The number of aromatic amines is 1. The van der Waals surface area contributed by atoms with E-state index < -0.39 is 5.64 Å². The van der Waals surface area contributed by atoms with Crippen LogP contribution in [0.1, 0.15) is 19.8 Å². The van der Waals surface area contributed by atoms with Gasteiger partial charge in [0.05, 0.1) is 6.54 Å². The van der Waals surface area contributed by atoms with Crippen molar-refractivity contribution in [3.8, 4) is 0 Å². The zero-order valence-electron chi connectivity index (χ0n) is 7.19. The van der Waals surface area contributed by atoms with Crippen LogP contribution in [0.3, 0.4) is 0 Å². The Kier molecular flexibility index (Phi) is 7.57. The maximum atomic E-state index is 8.25. The predicted octanol–water partition coefficient (Wildman–Crippen LogP) is -0.352. The molecule has 5 nitrogen and oxygen atoms in total. The summed E-state index contributed by atoms with van der Waals surface area (Å²) < 4.78 is 2.16. The fourth-order valence-corrected chi connectivity index (χ4v) is 0.800. The third-order valence-corrected chi connectivity index (χ3v) is 1.37. The van der Waals surface area contributed by atoms with Gasteiger partial charge in [-0.2, -0.15) is 0 Å². The second-order valence-electron chi connectivity index (χ2n) is 2.30. The van der Waals surface area contributed by atoms with E-state index in [4.69, 9.17) is 10.4 Å². The fraction of sp³-hybridized carbons (Fsp3) is 0.571. The number of hydrogen-bond acceptors (Lipinski definition) is 2. The Labute approximate surface area is 71.6 Å². The Morgan fingerprint density at radius 3 is 2.58 bits per heavy atom. The number of imidazole rings is 1. The van der Waals surface area contributed by atoms with Crippen molar-refractivity contribution in [2.24, 2.45) is 0 Å². The Balaban J connectivity index is 0.000000354. The maximum Gasteiger partial charge on any atom is 0.241 e. The first kappa shape index (κ1) is 11.1. The number of rotatable bonds is 3. The van der Waals surface area contributed by atoms with Gasteiger partial charge in [0.15, 0.2) is 0 Å². The maximum absolute atomic E-state index is 8.25. The van der Waals surface area contributed by atoms with E-state index in [0.717, 1.165) is 6.54 Å². The van der Waals surface area contributed by atoms with Gasteiger partial charge >= 0.3 is 0 Å². The molecule has 0 aliphatic rings. The molecule has 0 spiro atoms. The molecule has 0 saturated heterocycles. The smallest absolute Gasteiger partial charge is 0.241 e. The summed E-state index contributed by atoms with van der Waals surface area (Å²) >= 11 is 0. The van der Waals surface area contributed by atoms with Crippen LogP contribution in [0.15, 0.2) is 18.7 Å². The van der Waals surface area contributed by atoms with Gasteiger partial charge in [-0.1, -0.05) is 13.3 Å². The van der Waals surface area contributed by atoms with E-state index in [0.29, 0.717) is 0 Å². The van der Waals surface area contributed by atoms with E-state index in [1.807, 2.05) is 12.5 Å². The lowest BCUT2D eigenvalue weighted by molar-refractivity contribution is -0.696. The molecule has 0 aromatic carbocycles. The molecule has 0 atom stereocenters. The summed E-state index contributed by atoms with van der Waals surface area (Å²) in [6.45, 7) is 3.34. The van der Waals surface area contributed by atoms with Crippen LogP contribution in [0.25, 0.3) is 0 Å². The van der Waals surface area contributed by atoms with Crippen LogP contribution in [0, 0.1) is 10.4 Å². The van der Waals surface area contributed by atoms with Crippen LogP contribution in [0.4, 0.5) is 0 Å². The number of nitrogens with one attached hydrogen (secondary N) is 1. The van der Waals surface area contributed by atoms with Crippen LogP contribution in [-0.2, 0) is 6.54 Å². The van der Waals surface area contributed by atoms with Gasteiger partial charge in [-0.3, -0.25) is 4.98 Å². The number of H-pyrrole nitrogens is 1. The number of nitrogens with zero attached hydrogens (tertiary/aromatic N) is 1. The van der Waals surface area contributed by atoms with Crippen molar-refractivity contribution in [1.29, 1.82) is 0 Å². The van der Waals surface area contributed by atoms with Gasteiger partial charge in [-0.05, 0) is 6.42 Å². The Morgan fingerprint density at radius 2 is 2.17 bits per heavy atom. The van der Waals surface area contributed by atoms with Crippen LogP contribution in [0.5, 0.6) is 0 Å². The first-order chi connectivity index (χ1) is 5.85. The molecule has 0 aliphatic heterocycles. The molecule has 3 N–H and O–H groups in total. The Morgan fingerprint density at radius 1 is 1.50 bits per heavy atom. The van der Waals surface area contributed by atoms with Crippen LogP contribution in [0.2, 0.25) is 0 Å². The summed E-state index contributed by atoms with van der Waals surface area (Å²) in [5.41, 5.74) is -0.500. The van der Waals surface area contributed by atoms with Gasteiger partial charge in [0.25, 0.3) is 0 Å². The average Bonchev–Trinajstić information content (AvgIpc) is 2.54. The molecule has 1 rings (SSSR count). The van der Waals surface area contributed by atoms with E-state index in [1.54, 1.807) is 0 Å². The number of aryl methyl sites for hydroxylation is 1. The van der Waals surface area contributed by atoms with Crippen LogP contribution in [-0.4, -0.2) is 4.98 Å². The van der Waals surface area contributed by atoms with Gasteiger partial charge in [-0.25, -0.2) is 4.57 Å². The number of quaternary nitrogens is 1. The highest BCUT2D eigenvalue weighted by Crippen LogP contribution is 1.84. The van der Waals surface area contributed by atoms with Gasteiger partial charge in [0.1, 0.15) is 12.4 Å². The molecule has 0 saturated carbocycles. The molecule has 0 unspecified atom stereocenters. The minimum absolute atomic E-state index is 0.500. The first-order valence-electron chi connectivity index (χ1n) is 3.92. The standard InChI is InChI=1S/C7H12N2.H2NO2/c1-2-3-5-9-6-4-8-7-9;2-1-3/h4,6-7H,2-3,5H2,1H3;1H2/q;-1/p+1. The second kappa shape index (κ2) is 8.19. The molecule has 1 heterocycles. The molecule has 0 aliphatic carbocycles. The van der Waals surface area contributed by atoms with Crippen molar-refractivity contribution in [2.45, 2.75) is 26.3 Å². The number of hydrogen-bond donors (Lipinski definition) is 2. The van der Waals surface area contributed by atoms with E-state index in [-0.39, 0.29) is 0 Å². The minimum atomic E-state index is -0.500. The lowest BCUT2D eigenvalue weighted by Gasteiger charge is -1.95. The monoisotopic (exact) mass is 173 g/mol.